The first-order valence-electron chi connectivity index (χ1n) is 7.75. The second-order valence-electron chi connectivity index (χ2n) is 5.48. The molecule has 1 heterocycles. The molecule has 0 aliphatic carbocycles. The fourth-order valence-electron chi connectivity index (χ4n) is 2.30. The lowest BCUT2D eigenvalue weighted by Gasteiger charge is -2.20. The molecule has 1 N–H and O–H groups in total. The monoisotopic (exact) mass is 438 g/mol. The SMILES string of the molecule is CC(Sc1ccc([N+](=O)[O-])cc1)C(=O)Nc1cc2c(cc1Br)OCCO2. The van der Waals surface area contributed by atoms with Gasteiger partial charge in [-0.15, -0.1) is 11.8 Å². The second kappa shape index (κ2) is 7.96. The number of hydrogen-bond donors (Lipinski definition) is 1. The van der Waals surface area contributed by atoms with Crippen LogP contribution in [0.15, 0.2) is 45.8 Å². The van der Waals surface area contributed by atoms with Crippen LogP contribution in [0, 0.1) is 10.1 Å². The highest BCUT2D eigenvalue weighted by atomic mass is 79.9. The van der Waals surface area contributed by atoms with Gasteiger partial charge in [-0.2, -0.15) is 0 Å². The normalized spacial score (nSPS) is 13.8. The number of rotatable bonds is 5. The maximum Gasteiger partial charge on any atom is 0.269 e. The number of anilines is 1. The number of thioether (sulfide) groups is 1. The largest absolute Gasteiger partial charge is 0.486 e. The lowest BCUT2D eigenvalue weighted by atomic mass is 10.2. The number of ether oxygens (including phenoxy) is 2. The summed E-state index contributed by atoms with van der Waals surface area (Å²) in [5, 5.41) is 13.2. The molecule has 0 radical (unpaired) electrons. The van der Waals surface area contributed by atoms with Crippen LogP contribution in [-0.2, 0) is 4.79 Å². The Balaban J connectivity index is 1.66. The Hall–Kier alpha value is -2.26. The lowest BCUT2D eigenvalue weighted by molar-refractivity contribution is -0.384. The van der Waals surface area contributed by atoms with Crippen molar-refractivity contribution in [2.24, 2.45) is 0 Å². The third kappa shape index (κ3) is 4.28. The molecule has 1 amide bonds. The van der Waals surface area contributed by atoms with Crippen molar-refractivity contribution >= 4 is 45.0 Å². The molecule has 0 fully saturated rings. The predicted octanol–water partition coefficient (Wildman–Crippen LogP) is 4.25. The molecule has 0 aromatic heterocycles. The number of nitrogens with zero attached hydrogens (tertiary/aromatic N) is 1. The topological polar surface area (TPSA) is 90.7 Å². The van der Waals surface area contributed by atoms with E-state index in [1.54, 1.807) is 31.2 Å². The molecule has 136 valence electrons. The summed E-state index contributed by atoms with van der Waals surface area (Å²) >= 11 is 4.74. The molecule has 0 saturated heterocycles. The van der Waals surface area contributed by atoms with Crippen LogP contribution in [0.2, 0.25) is 0 Å². The van der Waals surface area contributed by atoms with E-state index in [4.69, 9.17) is 9.47 Å². The summed E-state index contributed by atoms with van der Waals surface area (Å²) in [6, 6.07) is 9.59. The number of non-ortho nitro benzene ring substituents is 1. The minimum Gasteiger partial charge on any atom is -0.486 e. The van der Waals surface area contributed by atoms with Crippen LogP contribution in [0.25, 0.3) is 0 Å². The molecule has 0 spiro atoms. The van der Waals surface area contributed by atoms with Gasteiger partial charge in [0.2, 0.25) is 5.91 Å². The molecule has 26 heavy (non-hydrogen) atoms. The van der Waals surface area contributed by atoms with Crippen molar-refractivity contribution in [3.05, 3.63) is 51.0 Å². The molecular formula is C17H15BrN2O5S. The Morgan fingerprint density at radius 2 is 1.85 bits per heavy atom. The summed E-state index contributed by atoms with van der Waals surface area (Å²) in [5.41, 5.74) is 0.613. The Labute approximate surface area is 162 Å². The predicted molar refractivity (Wildman–Crippen MR) is 102 cm³/mol. The Kier molecular flexibility index (Phi) is 5.67. The van der Waals surface area contributed by atoms with Gasteiger partial charge >= 0.3 is 0 Å². The molecular weight excluding hydrogens is 424 g/mol. The van der Waals surface area contributed by atoms with E-state index in [2.05, 4.69) is 21.2 Å². The fraction of sp³-hybridized carbons (Fsp3) is 0.235. The minimum atomic E-state index is -0.454. The highest BCUT2D eigenvalue weighted by Crippen LogP contribution is 2.38. The molecule has 1 aliphatic heterocycles. The quantitative estimate of drug-likeness (QED) is 0.426. The first-order valence-corrected chi connectivity index (χ1v) is 9.42. The van der Waals surface area contributed by atoms with Crippen LogP contribution in [0.5, 0.6) is 11.5 Å². The molecule has 2 aromatic carbocycles. The summed E-state index contributed by atoms with van der Waals surface area (Å²) in [6.07, 6.45) is 0. The first-order chi connectivity index (χ1) is 12.4. The van der Waals surface area contributed by atoms with E-state index in [0.717, 1.165) is 4.90 Å². The smallest absolute Gasteiger partial charge is 0.269 e. The van der Waals surface area contributed by atoms with Gasteiger partial charge in [-0.25, -0.2) is 0 Å². The van der Waals surface area contributed by atoms with Crippen molar-refractivity contribution < 1.29 is 19.2 Å². The van der Waals surface area contributed by atoms with Crippen molar-refractivity contribution in [1.29, 1.82) is 0 Å². The van der Waals surface area contributed by atoms with Gasteiger partial charge in [-0.1, -0.05) is 0 Å². The third-order valence-electron chi connectivity index (χ3n) is 3.62. The number of carbonyl (C=O) groups excluding carboxylic acids is 1. The van der Waals surface area contributed by atoms with Crippen LogP contribution < -0.4 is 14.8 Å². The van der Waals surface area contributed by atoms with E-state index in [1.807, 2.05) is 0 Å². The zero-order valence-electron chi connectivity index (χ0n) is 13.7. The average Bonchev–Trinajstić information content (AvgIpc) is 2.62. The molecule has 1 unspecified atom stereocenters. The van der Waals surface area contributed by atoms with E-state index in [9.17, 15) is 14.9 Å². The molecule has 1 aliphatic rings. The number of hydrogen-bond acceptors (Lipinski definition) is 6. The molecule has 0 bridgehead atoms. The van der Waals surface area contributed by atoms with E-state index < -0.39 is 10.2 Å². The van der Waals surface area contributed by atoms with Crippen molar-refractivity contribution in [2.75, 3.05) is 18.5 Å². The van der Waals surface area contributed by atoms with Gasteiger partial charge in [0.1, 0.15) is 13.2 Å². The van der Waals surface area contributed by atoms with Crippen LogP contribution in [0.4, 0.5) is 11.4 Å². The van der Waals surface area contributed by atoms with Crippen molar-refractivity contribution in [2.45, 2.75) is 17.1 Å². The second-order valence-corrected chi connectivity index (χ2v) is 7.74. The summed E-state index contributed by atoms with van der Waals surface area (Å²) in [4.78, 5) is 23.5. The van der Waals surface area contributed by atoms with Gasteiger partial charge < -0.3 is 14.8 Å². The van der Waals surface area contributed by atoms with Crippen LogP contribution in [-0.4, -0.2) is 29.3 Å². The van der Waals surface area contributed by atoms with Gasteiger partial charge in [-0.05, 0) is 35.0 Å². The highest BCUT2D eigenvalue weighted by molar-refractivity contribution is 9.10. The summed E-state index contributed by atoms with van der Waals surface area (Å²) in [5.74, 6) is 1.03. The Bertz CT molecular complexity index is 844. The minimum absolute atomic E-state index is 0.0201. The zero-order chi connectivity index (χ0) is 18.7. The molecule has 0 saturated carbocycles. The van der Waals surface area contributed by atoms with Gasteiger partial charge in [0.25, 0.3) is 5.69 Å². The maximum atomic E-state index is 12.5. The van der Waals surface area contributed by atoms with Gasteiger partial charge in [0.15, 0.2) is 11.5 Å². The van der Waals surface area contributed by atoms with E-state index in [1.165, 1.54) is 23.9 Å². The van der Waals surface area contributed by atoms with Gasteiger partial charge in [0.05, 0.1) is 15.9 Å². The molecule has 3 rings (SSSR count). The van der Waals surface area contributed by atoms with Crippen LogP contribution >= 0.6 is 27.7 Å². The number of nitrogens with one attached hydrogen (secondary N) is 1. The lowest BCUT2D eigenvalue weighted by Crippen LogP contribution is -2.23. The Morgan fingerprint density at radius 3 is 2.46 bits per heavy atom. The number of benzene rings is 2. The number of nitro groups is 1. The maximum absolute atomic E-state index is 12.5. The van der Waals surface area contributed by atoms with E-state index in [0.29, 0.717) is 34.9 Å². The van der Waals surface area contributed by atoms with Crippen LogP contribution in [0.3, 0.4) is 0 Å². The van der Waals surface area contributed by atoms with Crippen molar-refractivity contribution in [1.82, 2.24) is 0 Å². The van der Waals surface area contributed by atoms with Crippen molar-refractivity contribution in [3.8, 4) is 11.5 Å². The summed E-state index contributed by atoms with van der Waals surface area (Å²) in [7, 11) is 0. The first kappa shape index (κ1) is 18.5. The number of carbonyl (C=O) groups is 1. The van der Waals surface area contributed by atoms with E-state index in [-0.39, 0.29) is 11.6 Å². The average molecular weight is 439 g/mol. The Morgan fingerprint density at radius 1 is 1.23 bits per heavy atom. The molecule has 2 aromatic rings. The fourth-order valence-corrected chi connectivity index (χ4v) is 3.59. The molecule has 1 atom stereocenters. The number of fused-ring (bicyclic) bond motifs is 1. The summed E-state index contributed by atoms with van der Waals surface area (Å²) in [6.45, 7) is 2.73. The number of amides is 1. The highest BCUT2D eigenvalue weighted by Gasteiger charge is 2.19. The van der Waals surface area contributed by atoms with Gasteiger partial charge in [0, 0.05) is 33.6 Å². The van der Waals surface area contributed by atoms with Gasteiger partial charge in [-0.3, -0.25) is 14.9 Å². The standard InChI is InChI=1S/C17H15BrN2O5S/c1-10(26-12-4-2-11(3-5-12)20(22)23)17(21)19-14-9-16-15(8-13(14)18)24-6-7-25-16/h2-5,8-10H,6-7H2,1H3,(H,19,21). The summed E-state index contributed by atoms with van der Waals surface area (Å²) < 4.78 is 11.7. The van der Waals surface area contributed by atoms with Crippen molar-refractivity contribution in [3.63, 3.8) is 0 Å². The molecule has 7 nitrogen and oxygen atoms in total. The molecule has 9 heteroatoms. The number of nitro benzene ring substituents is 1. The zero-order valence-corrected chi connectivity index (χ0v) is 16.1. The van der Waals surface area contributed by atoms with E-state index >= 15 is 0 Å². The third-order valence-corrected chi connectivity index (χ3v) is 5.39. The number of halogens is 1. The van der Waals surface area contributed by atoms with Crippen LogP contribution in [0.1, 0.15) is 6.92 Å².